The number of esters is 1. The van der Waals surface area contributed by atoms with Gasteiger partial charge in [-0.25, -0.2) is 14.5 Å². The van der Waals surface area contributed by atoms with Crippen LogP contribution in [-0.2, 0) is 19.1 Å². The predicted octanol–water partition coefficient (Wildman–Crippen LogP) is 4.52. The summed E-state index contributed by atoms with van der Waals surface area (Å²) in [6.07, 6.45) is 1.31. The van der Waals surface area contributed by atoms with Crippen molar-refractivity contribution in [1.29, 1.82) is 0 Å². The molecule has 42 heavy (non-hydrogen) atoms. The van der Waals surface area contributed by atoms with Gasteiger partial charge in [0.2, 0.25) is 0 Å². The van der Waals surface area contributed by atoms with Gasteiger partial charge in [-0.15, -0.1) is 0 Å². The fourth-order valence-corrected chi connectivity index (χ4v) is 4.12. The van der Waals surface area contributed by atoms with Gasteiger partial charge < -0.3 is 19.5 Å². The largest absolute Gasteiger partial charge is 0.490 e. The van der Waals surface area contributed by atoms with E-state index in [1.807, 2.05) is 6.92 Å². The number of aryl methyl sites for hydroxylation is 1. The normalized spacial score (nSPS) is 14.0. The molecule has 0 bridgehead atoms. The number of ether oxygens (including phenoxy) is 3. The van der Waals surface area contributed by atoms with Crippen molar-refractivity contribution in [3.05, 3.63) is 87.9 Å². The fraction of sp³-hybridized carbons (Fsp3) is 0.167. The van der Waals surface area contributed by atoms with E-state index in [0.717, 1.165) is 10.5 Å². The lowest BCUT2D eigenvalue weighted by atomic mass is 10.1. The highest BCUT2D eigenvalue weighted by atomic mass is 35.5. The van der Waals surface area contributed by atoms with Crippen LogP contribution in [0.2, 0.25) is 5.02 Å². The molecule has 1 saturated heterocycles. The summed E-state index contributed by atoms with van der Waals surface area (Å²) in [4.78, 5) is 63.3. The van der Waals surface area contributed by atoms with Crippen molar-refractivity contribution < 1.29 is 38.2 Å². The quantitative estimate of drug-likeness (QED) is 0.210. The zero-order valence-electron chi connectivity index (χ0n) is 22.9. The molecule has 1 aliphatic rings. The van der Waals surface area contributed by atoms with Crippen LogP contribution in [0.25, 0.3) is 6.08 Å². The van der Waals surface area contributed by atoms with Gasteiger partial charge in [0.25, 0.3) is 17.7 Å². The molecule has 3 aromatic carbocycles. The molecule has 3 aromatic rings. The van der Waals surface area contributed by atoms with Gasteiger partial charge in [0.15, 0.2) is 18.1 Å². The Morgan fingerprint density at radius 1 is 0.976 bits per heavy atom. The molecule has 0 unspecified atom stereocenters. The number of carbonyl (C=O) groups is 5. The maximum atomic E-state index is 13.2. The SMILES string of the molecule is CCOc1cc(/C=C2/C(=O)NC(=O)N(c3ccc(C(=O)OC)cc3)C2=O)ccc1OCC(=O)Nc1ccc(C)c(Cl)c1. The number of benzene rings is 3. The summed E-state index contributed by atoms with van der Waals surface area (Å²) >= 11 is 6.11. The Balaban J connectivity index is 1.52. The van der Waals surface area contributed by atoms with E-state index < -0.39 is 29.7 Å². The number of imide groups is 2. The van der Waals surface area contributed by atoms with E-state index >= 15 is 0 Å². The van der Waals surface area contributed by atoms with Crippen molar-refractivity contribution in [3.63, 3.8) is 0 Å². The van der Waals surface area contributed by atoms with Crippen molar-refractivity contribution >= 4 is 58.8 Å². The van der Waals surface area contributed by atoms with E-state index in [0.29, 0.717) is 16.3 Å². The van der Waals surface area contributed by atoms with Crippen LogP contribution in [0, 0.1) is 6.92 Å². The lowest BCUT2D eigenvalue weighted by Crippen LogP contribution is -2.54. The second-order valence-electron chi connectivity index (χ2n) is 8.94. The Bertz CT molecular complexity index is 1600. The third-order valence-corrected chi connectivity index (χ3v) is 6.45. The number of nitrogens with one attached hydrogen (secondary N) is 2. The maximum absolute atomic E-state index is 13.2. The van der Waals surface area contributed by atoms with Crippen molar-refractivity contribution in [3.8, 4) is 11.5 Å². The summed E-state index contributed by atoms with van der Waals surface area (Å²) in [5, 5.41) is 5.37. The molecule has 1 fully saturated rings. The number of anilines is 2. The molecule has 4 rings (SSSR count). The minimum Gasteiger partial charge on any atom is -0.490 e. The predicted molar refractivity (Wildman–Crippen MR) is 155 cm³/mol. The van der Waals surface area contributed by atoms with Crippen LogP contribution in [0.3, 0.4) is 0 Å². The van der Waals surface area contributed by atoms with E-state index in [-0.39, 0.29) is 41.5 Å². The van der Waals surface area contributed by atoms with Gasteiger partial charge in [0.05, 0.1) is 25.0 Å². The highest BCUT2D eigenvalue weighted by Gasteiger charge is 2.37. The number of urea groups is 1. The minimum absolute atomic E-state index is 0.147. The molecule has 0 saturated carbocycles. The Hall–Kier alpha value is -5.16. The number of halogens is 1. The van der Waals surface area contributed by atoms with Crippen LogP contribution in [-0.4, -0.2) is 50.0 Å². The molecular weight excluding hydrogens is 566 g/mol. The Morgan fingerprint density at radius 2 is 1.71 bits per heavy atom. The number of amides is 5. The maximum Gasteiger partial charge on any atom is 0.337 e. The van der Waals surface area contributed by atoms with Gasteiger partial charge in [-0.05, 0) is 79.6 Å². The highest BCUT2D eigenvalue weighted by molar-refractivity contribution is 6.39. The van der Waals surface area contributed by atoms with E-state index in [9.17, 15) is 24.0 Å². The Labute approximate surface area is 246 Å². The Morgan fingerprint density at radius 3 is 2.38 bits per heavy atom. The van der Waals surface area contributed by atoms with Crippen LogP contribution >= 0.6 is 11.6 Å². The first-order valence-corrected chi connectivity index (χ1v) is 13.0. The summed E-state index contributed by atoms with van der Waals surface area (Å²) in [5.41, 5.74) is 1.86. The third kappa shape index (κ3) is 6.76. The van der Waals surface area contributed by atoms with Gasteiger partial charge in [-0.1, -0.05) is 23.7 Å². The number of hydrogen-bond donors (Lipinski definition) is 2. The molecule has 5 amide bonds. The number of rotatable bonds is 9. The third-order valence-electron chi connectivity index (χ3n) is 6.04. The first kappa shape index (κ1) is 29.8. The average molecular weight is 592 g/mol. The number of carbonyl (C=O) groups excluding carboxylic acids is 5. The zero-order valence-corrected chi connectivity index (χ0v) is 23.6. The first-order chi connectivity index (χ1) is 20.1. The topological polar surface area (TPSA) is 140 Å². The van der Waals surface area contributed by atoms with Crippen LogP contribution in [0.1, 0.15) is 28.4 Å². The Kier molecular flexibility index (Phi) is 9.23. The van der Waals surface area contributed by atoms with Crippen molar-refractivity contribution in [1.82, 2.24) is 5.32 Å². The standard InChI is InChI=1S/C30H26ClN3O8/c1-4-41-25-14-18(6-12-24(25)42-16-26(35)32-20-9-5-17(2)23(31)15-20)13-22-27(36)33-30(39)34(28(22)37)21-10-7-19(8-11-21)29(38)40-3/h5-15H,4,16H2,1-3H3,(H,32,35)(H,33,36,39)/b22-13-. The van der Waals surface area contributed by atoms with Crippen molar-refractivity contribution in [2.24, 2.45) is 0 Å². The number of barbiturate groups is 1. The molecule has 1 heterocycles. The summed E-state index contributed by atoms with van der Waals surface area (Å²) < 4.78 is 16.0. The van der Waals surface area contributed by atoms with Crippen molar-refractivity contribution in [2.45, 2.75) is 13.8 Å². The van der Waals surface area contributed by atoms with Crippen LogP contribution in [0.4, 0.5) is 16.2 Å². The van der Waals surface area contributed by atoms with E-state index in [4.69, 9.17) is 21.1 Å². The summed E-state index contributed by atoms with van der Waals surface area (Å²) in [5.74, 6) is -2.20. The van der Waals surface area contributed by atoms with Gasteiger partial charge >= 0.3 is 12.0 Å². The van der Waals surface area contributed by atoms with Gasteiger partial charge in [-0.2, -0.15) is 0 Å². The molecule has 0 radical (unpaired) electrons. The van der Waals surface area contributed by atoms with Crippen LogP contribution < -0.4 is 25.0 Å². The molecule has 0 aromatic heterocycles. The van der Waals surface area contributed by atoms with Gasteiger partial charge in [0.1, 0.15) is 5.57 Å². The van der Waals surface area contributed by atoms with Crippen molar-refractivity contribution in [2.75, 3.05) is 30.5 Å². The van der Waals surface area contributed by atoms with E-state index in [1.165, 1.54) is 49.6 Å². The second-order valence-corrected chi connectivity index (χ2v) is 9.34. The monoisotopic (exact) mass is 591 g/mol. The van der Waals surface area contributed by atoms with E-state index in [2.05, 4.69) is 15.4 Å². The zero-order chi connectivity index (χ0) is 30.4. The van der Waals surface area contributed by atoms with Gasteiger partial charge in [0, 0.05) is 10.7 Å². The number of hydrogen-bond acceptors (Lipinski definition) is 8. The molecule has 11 nitrogen and oxygen atoms in total. The summed E-state index contributed by atoms with van der Waals surface area (Å²) in [6.45, 7) is 3.56. The smallest absolute Gasteiger partial charge is 0.337 e. The van der Waals surface area contributed by atoms with Crippen LogP contribution in [0.15, 0.2) is 66.2 Å². The van der Waals surface area contributed by atoms with E-state index in [1.54, 1.807) is 31.2 Å². The minimum atomic E-state index is -0.932. The fourth-order valence-electron chi connectivity index (χ4n) is 3.94. The summed E-state index contributed by atoms with van der Waals surface area (Å²) in [6, 6.07) is 14.4. The number of nitrogens with zero attached hydrogens (tertiary/aromatic N) is 1. The molecule has 1 aliphatic heterocycles. The molecule has 216 valence electrons. The molecule has 0 spiro atoms. The number of methoxy groups -OCH3 is 1. The molecule has 12 heteroatoms. The summed E-state index contributed by atoms with van der Waals surface area (Å²) in [7, 11) is 1.23. The average Bonchev–Trinajstić information content (AvgIpc) is 2.96. The highest BCUT2D eigenvalue weighted by Crippen LogP contribution is 2.30. The lowest BCUT2D eigenvalue weighted by Gasteiger charge is -2.26. The molecule has 0 atom stereocenters. The second kappa shape index (κ2) is 13.0. The first-order valence-electron chi connectivity index (χ1n) is 12.7. The van der Waals surface area contributed by atoms with Crippen LogP contribution in [0.5, 0.6) is 11.5 Å². The molecular formula is C30H26ClN3O8. The molecule has 2 N–H and O–H groups in total. The van der Waals surface area contributed by atoms with Gasteiger partial charge in [-0.3, -0.25) is 19.7 Å². The molecule has 0 aliphatic carbocycles. The lowest BCUT2D eigenvalue weighted by molar-refractivity contribution is -0.122.